The second-order valence-electron chi connectivity index (χ2n) is 5.94. The number of carbonyl (C=O) groups excluding carboxylic acids is 1. The Kier molecular flexibility index (Phi) is 5.31. The number of carbonyl (C=O) groups is 1. The Morgan fingerprint density at radius 2 is 1.84 bits per heavy atom. The zero-order valence-corrected chi connectivity index (χ0v) is 13.7. The molecule has 0 saturated heterocycles. The molecule has 2 aromatic rings. The van der Waals surface area contributed by atoms with Gasteiger partial charge in [0.2, 0.25) is 0 Å². The fourth-order valence-corrected chi connectivity index (χ4v) is 3.14. The highest BCUT2D eigenvalue weighted by Gasteiger charge is 2.23. The quantitative estimate of drug-likeness (QED) is 0.871. The first-order chi connectivity index (χ1) is 12.1. The van der Waals surface area contributed by atoms with Gasteiger partial charge in [0.05, 0.1) is 13.2 Å². The van der Waals surface area contributed by atoms with E-state index in [-0.39, 0.29) is 29.4 Å². The van der Waals surface area contributed by atoms with Gasteiger partial charge < -0.3 is 19.8 Å². The maximum absolute atomic E-state index is 13.5. The number of hydrogen-bond acceptors (Lipinski definition) is 4. The number of rotatable bonds is 5. The third kappa shape index (κ3) is 3.65. The lowest BCUT2D eigenvalue weighted by molar-refractivity contribution is -0.120. The van der Waals surface area contributed by atoms with E-state index in [2.05, 4.69) is 0 Å². The number of amides is 1. The van der Waals surface area contributed by atoms with Gasteiger partial charge in [0.25, 0.3) is 5.91 Å². The van der Waals surface area contributed by atoms with E-state index in [1.54, 1.807) is 4.90 Å². The lowest BCUT2D eigenvalue weighted by Crippen LogP contribution is -2.38. The van der Waals surface area contributed by atoms with Gasteiger partial charge >= 0.3 is 0 Å². The highest BCUT2D eigenvalue weighted by atomic mass is 19.1. The van der Waals surface area contributed by atoms with Crippen molar-refractivity contribution in [3.63, 3.8) is 0 Å². The molecular formula is C19H20FNO4. The maximum atomic E-state index is 13.5. The van der Waals surface area contributed by atoms with Crippen molar-refractivity contribution in [2.24, 2.45) is 0 Å². The molecule has 1 heterocycles. The molecule has 0 radical (unpaired) electrons. The smallest absolute Gasteiger partial charge is 0.264 e. The van der Waals surface area contributed by atoms with Crippen molar-refractivity contribution in [2.45, 2.75) is 26.1 Å². The van der Waals surface area contributed by atoms with Gasteiger partial charge in [0.1, 0.15) is 11.6 Å². The molecule has 132 valence electrons. The molecule has 2 N–H and O–H groups in total. The van der Waals surface area contributed by atoms with Gasteiger partial charge in [-0.2, -0.15) is 0 Å². The minimum absolute atomic E-state index is 0.157. The van der Waals surface area contributed by atoms with Crippen molar-refractivity contribution in [3.05, 3.63) is 58.9 Å². The van der Waals surface area contributed by atoms with Crippen molar-refractivity contribution >= 4 is 11.6 Å². The van der Waals surface area contributed by atoms with E-state index in [9.17, 15) is 19.4 Å². The number of ether oxygens (including phenoxy) is 1. The number of para-hydroxylation sites is 1. The lowest BCUT2D eigenvalue weighted by atomic mass is 10.0. The van der Waals surface area contributed by atoms with Crippen LogP contribution < -0.4 is 9.64 Å². The zero-order valence-electron chi connectivity index (χ0n) is 13.7. The third-order valence-electron chi connectivity index (χ3n) is 4.30. The summed E-state index contributed by atoms with van der Waals surface area (Å²) in [5, 5.41) is 18.8. The van der Waals surface area contributed by atoms with Gasteiger partial charge in [-0.05, 0) is 36.6 Å². The number of fused-ring (bicyclic) bond motifs is 1. The number of aryl methyl sites for hydroxylation is 1. The van der Waals surface area contributed by atoms with E-state index in [1.165, 1.54) is 0 Å². The van der Waals surface area contributed by atoms with Gasteiger partial charge in [-0.25, -0.2) is 4.39 Å². The normalized spacial score (nSPS) is 13.5. The summed E-state index contributed by atoms with van der Waals surface area (Å²) in [6.07, 6.45) is 1.81. The van der Waals surface area contributed by atoms with E-state index in [0.29, 0.717) is 6.54 Å². The molecule has 2 aromatic carbocycles. The monoisotopic (exact) mass is 345 g/mol. The Labute approximate surface area is 145 Å². The molecule has 0 unspecified atom stereocenters. The zero-order chi connectivity index (χ0) is 17.8. The Bertz CT molecular complexity index is 753. The summed E-state index contributed by atoms with van der Waals surface area (Å²) >= 11 is 0. The highest BCUT2D eigenvalue weighted by molar-refractivity contribution is 5.95. The predicted molar refractivity (Wildman–Crippen MR) is 90.9 cm³/mol. The van der Waals surface area contributed by atoms with Gasteiger partial charge in [-0.3, -0.25) is 4.79 Å². The molecule has 3 rings (SSSR count). The summed E-state index contributed by atoms with van der Waals surface area (Å²) in [7, 11) is 0. The minimum atomic E-state index is -0.572. The molecule has 0 saturated carbocycles. The van der Waals surface area contributed by atoms with Gasteiger partial charge in [-0.1, -0.05) is 18.2 Å². The molecule has 0 fully saturated rings. The second kappa shape index (κ2) is 7.63. The summed E-state index contributed by atoms with van der Waals surface area (Å²) in [6, 6.07) is 10.0. The molecule has 5 nitrogen and oxygen atoms in total. The van der Waals surface area contributed by atoms with E-state index in [4.69, 9.17) is 4.74 Å². The van der Waals surface area contributed by atoms with Crippen molar-refractivity contribution in [1.29, 1.82) is 0 Å². The first-order valence-electron chi connectivity index (χ1n) is 8.18. The Hall–Kier alpha value is -2.44. The average molecular weight is 345 g/mol. The second-order valence-corrected chi connectivity index (χ2v) is 5.94. The van der Waals surface area contributed by atoms with Crippen LogP contribution in [-0.4, -0.2) is 29.3 Å². The van der Waals surface area contributed by atoms with E-state index in [1.807, 2.05) is 24.3 Å². The number of aliphatic hydroxyl groups excluding tert-OH is 2. The van der Waals surface area contributed by atoms with Crippen LogP contribution in [0.4, 0.5) is 10.1 Å². The molecule has 0 spiro atoms. The summed E-state index contributed by atoms with van der Waals surface area (Å²) in [4.78, 5) is 14.3. The van der Waals surface area contributed by atoms with Crippen molar-refractivity contribution in [2.75, 3.05) is 18.1 Å². The minimum Gasteiger partial charge on any atom is -0.483 e. The molecule has 0 aromatic heterocycles. The summed E-state index contributed by atoms with van der Waals surface area (Å²) in [5.74, 6) is -0.633. The summed E-state index contributed by atoms with van der Waals surface area (Å²) < 4.78 is 19.0. The van der Waals surface area contributed by atoms with Gasteiger partial charge in [0, 0.05) is 23.4 Å². The van der Waals surface area contributed by atoms with Crippen LogP contribution in [0.2, 0.25) is 0 Å². The van der Waals surface area contributed by atoms with E-state index >= 15 is 0 Å². The molecule has 0 aliphatic carbocycles. The van der Waals surface area contributed by atoms with Crippen LogP contribution in [0.5, 0.6) is 5.75 Å². The number of nitrogens with zero attached hydrogens (tertiary/aromatic N) is 1. The third-order valence-corrected chi connectivity index (χ3v) is 4.30. The summed E-state index contributed by atoms with van der Waals surface area (Å²) in [6.45, 7) is -0.524. The number of aliphatic hydroxyl groups is 2. The Morgan fingerprint density at radius 3 is 2.52 bits per heavy atom. The van der Waals surface area contributed by atoms with E-state index < -0.39 is 19.0 Å². The molecule has 0 atom stereocenters. The molecule has 6 heteroatoms. The number of halogens is 1. The Morgan fingerprint density at radius 1 is 1.16 bits per heavy atom. The average Bonchev–Trinajstić information content (AvgIpc) is 2.65. The molecule has 1 amide bonds. The van der Waals surface area contributed by atoms with Crippen LogP contribution >= 0.6 is 0 Å². The first kappa shape index (κ1) is 17.4. The number of anilines is 1. The highest BCUT2D eigenvalue weighted by Crippen LogP contribution is 2.28. The van der Waals surface area contributed by atoms with Crippen LogP contribution in [-0.2, 0) is 24.4 Å². The fraction of sp³-hybridized carbons (Fsp3) is 0.316. The van der Waals surface area contributed by atoms with Crippen LogP contribution in [0.3, 0.4) is 0 Å². The predicted octanol–water partition coefficient (Wildman–Crippen LogP) is 2.17. The van der Waals surface area contributed by atoms with Gasteiger partial charge in [-0.15, -0.1) is 0 Å². The topological polar surface area (TPSA) is 70.0 Å². The largest absolute Gasteiger partial charge is 0.483 e. The number of hydrogen-bond donors (Lipinski definition) is 2. The SMILES string of the molecule is O=C(COc1c(CO)cc(F)cc1CO)N1CCCc2ccccc21. The van der Waals surface area contributed by atoms with Crippen LogP contribution in [0.15, 0.2) is 36.4 Å². The molecular weight excluding hydrogens is 325 g/mol. The standard InChI is InChI=1S/C19H20FNO4/c20-16-8-14(10-22)19(15(9-16)11-23)25-12-18(24)21-7-3-5-13-4-1-2-6-17(13)21/h1-2,4,6,8-9,22-23H,3,5,7,10-12H2. The molecule has 1 aliphatic rings. The van der Waals surface area contributed by atoms with Gasteiger partial charge in [0.15, 0.2) is 6.61 Å². The van der Waals surface area contributed by atoms with Crippen LogP contribution in [0.1, 0.15) is 23.1 Å². The van der Waals surface area contributed by atoms with Crippen molar-refractivity contribution in [3.8, 4) is 5.75 Å². The fourth-order valence-electron chi connectivity index (χ4n) is 3.14. The van der Waals surface area contributed by atoms with Crippen molar-refractivity contribution < 1.29 is 24.1 Å². The summed E-state index contributed by atoms with van der Waals surface area (Å²) in [5.41, 5.74) is 2.41. The molecule has 25 heavy (non-hydrogen) atoms. The maximum Gasteiger partial charge on any atom is 0.264 e. The Balaban J connectivity index is 1.78. The van der Waals surface area contributed by atoms with Crippen molar-refractivity contribution in [1.82, 2.24) is 0 Å². The molecule has 1 aliphatic heterocycles. The molecule has 0 bridgehead atoms. The number of benzene rings is 2. The lowest BCUT2D eigenvalue weighted by Gasteiger charge is -2.29. The van der Waals surface area contributed by atoms with Crippen LogP contribution in [0.25, 0.3) is 0 Å². The van der Waals surface area contributed by atoms with E-state index in [0.717, 1.165) is 36.2 Å². The first-order valence-corrected chi connectivity index (χ1v) is 8.18. The van der Waals surface area contributed by atoms with Crippen LogP contribution in [0, 0.1) is 5.82 Å².